The molecule has 2 fully saturated rings. The minimum absolute atomic E-state index is 0.105. The Morgan fingerprint density at radius 1 is 1.10 bits per heavy atom. The summed E-state index contributed by atoms with van der Waals surface area (Å²) >= 11 is 0. The summed E-state index contributed by atoms with van der Waals surface area (Å²) in [4.78, 5) is 50.6. The Balaban J connectivity index is 1.51. The van der Waals surface area contributed by atoms with Crippen molar-refractivity contribution in [3.63, 3.8) is 0 Å². The zero-order valence-corrected chi connectivity index (χ0v) is 24.2. The molecule has 5 rings (SSSR count). The highest BCUT2D eigenvalue weighted by Crippen LogP contribution is 2.38. The summed E-state index contributed by atoms with van der Waals surface area (Å²) in [7, 11) is 2.87. The molecular weight excluding hydrogens is 528 g/mol. The molecule has 1 saturated carbocycles. The van der Waals surface area contributed by atoms with E-state index in [0.29, 0.717) is 34.3 Å². The van der Waals surface area contributed by atoms with Crippen LogP contribution in [0.2, 0.25) is 0 Å². The lowest BCUT2D eigenvalue weighted by atomic mass is 9.85. The maximum atomic E-state index is 13.9. The molecule has 41 heavy (non-hydrogen) atoms. The maximum Gasteiger partial charge on any atom is 0.408 e. The first-order chi connectivity index (χ1) is 19.6. The fourth-order valence-corrected chi connectivity index (χ4v) is 5.46. The summed E-state index contributed by atoms with van der Waals surface area (Å²) in [5.41, 5.74) is 1.21. The quantitative estimate of drug-likeness (QED) is 0.538. The average molecular weight is 567 g/mol. The summed E-state index contributed by atoms with van der Waals surface area (Å²) in [5, 5.41) is 2.78. The monoisotopic (exact) mass is 566 g/mol. The predicted octanol–water partition coefficient (Wildman–Crippen LogP) is 3.89. The van der Waals surface area contributed by atoms with Crippen LogP contribution in [0.15, 0.2) is 24.3 Å². The van der Waals surface area contributed by atoms with E-state index in [4.69, 9.17) is 28.9 Å². The Kier molecular flexibility index (Phi) is 8.06. The molecule has 0 spiro atoms. The molecule has 5 atom stereocenters. The van der Waals surface area contributed by atoms with Gasteiger partial charge in [0.15, 0.2) is 0 Å². The fraction of sp³-hybridized carbons (Fsp3) is 0.567. The highest BCUT2D eigenvalue weighted by molar-refractivity contribution is 5.91. The molecule has 3 aliphatic rings. The van der Waals surface area contributed by atoms with Gasteiger partial charge in [0.1, 0.15) is 35.7 Å². The molecule has 11 heteroatoms. The zero-order chi connectivity index (χ0) is 29.3. The van der Waals surface area contributed by atoms with Gasteiger partial charge in [-0.25, -0.2) is 19.6 Å². The third kappa shape index (κ3) is 6.39. The van der Waals surface area contributed by atoms with Gasteiger partial charge in [-0.15, -0.1) is 0 Å². The van der Waals surface area contributed by atoms with Crippen molar-refractivity contribution in [2.24, 2.45) is 11.3 Å². The van der Waals surface area contributed by atoms with Crippen LogP contribution in [0, 0.1) is 11.3 Å². The highest BCUT2D eigenvalue weighted by atomic mass is 16.6. The van der Waals surface area contributed by atoms with Crippen molar-refractivity contribution in [1.82, 2.24) is 20.2 Å². The first-order valence-electron chi connectivity index (χ1n) is 14.1. The molecule has 0 unspecified atom stereocenters. The largest absolute Gasteiger partial charge is 0.497 e. The van der Waals surface area contributed by atoms with Gasteiger partial charge in [-0.3, -0.25) is 4.79 Å². The number of rotatable bonds is 2. The van der Waals surface area contributed by atoms with Crippen LogP contribution in [0.1, 0.15) is 58.6 Å². The molecule has 0 radical (unpaired) electrons. The Morgan fingerprint density at radius 2 is 1.90 bits per heavy atom. The van der Waals surface area contributed by atoms with Gasteiger partial charge >= 0.3 is 12.1 Å². The van der Waals surface area contributed by atoms with E-state index in [9.17, 15) is 14.4 Å². The zero-order valence-electron chi connectivity index (χ0n) is 24.2. The standard InChI is InChI=1S/C30H38N4O7/c1-30(2,3)25-27(35)34-16-19(15-23(34)28(36)39-5)40-26-21(31-20-12-11-18(38-4)14-22(20)32-26)10-8-6-7-9-17-13-24(17)41-29(37)33-25/h8,10-12,14,17,19,23-25H,6-7,9,13,15-16H2,1-5H3,(H,33,37)/t17-,19-,23+,24-,25-/m1/s1. The van der Waals surface area contributed by atoms with Gasteiger partial charge in [0.25, 0.3) is 0 Å². The minimum Gasteiger partial charge on any atom is -0.497 e. The molecule has 2 aromatic rings. The summed E-state index contributed by atoms with van der Waals surface area (Å²) in [5.74, 6) is 0.291. The topological polar surface area (TPSA) is 129 Å². The van der Waals surface area contributed by atoms with Crippen molar-refractivity contribution in [3.8, 4) is 11.6 Å². The molecule has 1 saturated heterocycles. The van der Waals surface area contributed by atoms with Gasteiger partial charge < -0.3 is 29.2 Å². The number of amides is 2. The summed E-state index contributed by atoms with van der Waals surface area (Å²) in [6, 6.07) is 3.65. The smallest absolute Gasteiger partial charge is 0.408 e. The number of nitrogens with one attached hydrogen (secondary N) is 1. The molecule has 3 heterocycles. The molecule has 1 aromatic heterocycles. The number of aromatic nitrogens is 2. The van der Waals surface area contributed by atoms with Gasteiger partial charge in [-0.2, -0.15) is 0 Å². The van der Waals surface area contributed by atoms with Gasteiger partial charge in [0.05, 0.1) is 31.8 Å². The van der Waals surface area contributed by atoms with Gasteiger partial charge in [-0.05, 0) is 55.2 Å². The van der Waals surface area contributed by atoms with E-state index in [1.54, 1.807) is 13.2 Å². The molecular formula is C30H38N4O7. The number of allylic oxidation sites excluding steroid dienone is 1. The molecule has 11 nitrogen and oxygen atoms in total. The van der Waals surface area contributed by atoms with Crippen LogP contribution < -0.4 is 14.8 Å². The first kappa shape index (κ1) is 28.6. The third-order valence-corrected chi connectivity index (χ3v) is 7.87. The van der Waals surface area contributed by atoms with Crippen LogP contribution in [0.3, 0.4) is 0 Å². The Hall–Kier alpha value is -3.89. The van der Waals surface area contributed by atoms with E-state index >= 15 is 0 Å². The average Bonchev–Trinajstić information content (AvgIpc) is 3.53. The van der Waals surface area contributed by atoms with Crippen molar-refractivity contribution < 1.29 is 33.3 Å². The number of benzene rings is 1. The second-order valence-corrected chi connectivity index (χ2v) is 12.0. The lowest BCUT2D eigenvalue weighted by Gasteiger charge is -2.34. The molecule has 1 aromatic carbocycles. The fourth-order valence-electron chi connectivity index (χ4n) is 5.46. The number of alkyl carbamates (subject to hydrolysis) is 1. The highest BCUT2D eigenvalue weighted by Gasteiger charge is 2.47. The number of carbonyl (C=O) groups is 3. The SMILES string of the molecule is COC(=O)[C@@H]1C[C@@H]2CN1C(=O)[C@H](C(C)(C)C)NC(=O)O[C@@H]1C[C@H]1CCCC=Cc1nc3ccc(OC)cc3nc1O2. The van der Waals surface area contributed by atoms with Crippen molar-refractivity contribution in [3.05, 3.63) is 30.0 Å². The van der Waals surface area contributed by atoms with Crippen molar-refractivity contribution in [2.75, 3.05) is 20.8 Å². The van der Waals surface area contributed by atoms with E-state index in [1.165, 1.54) is 12.0 Å². The molecule has 2 amide bonds. The number of carbonyl (C=O) groups excluding carboxylic acids is 3. The van der Waals surface area contributed by atoms with E-state index in [1.807, 2.05) is 45.1 Å². The molecule has 1 aliphatic carbocycles. The number of fused-ring (bicyclic) bond motifs is 5. The van der Waals surface area contributed by atoms with Crippen LogP contribution >= 0.6 is 0 Å². The lowest BCUT2D eigenvalue weighted by molar-refractivity contribution is -0.152. The number of hydrogen-bond acceptors (Lipinski definition) is 9. The first-order valence-corrected chi connectivity index (χ1v) is 14.1. The third-order valence-electron chi connectivity index (χ3n) is 7.87. The second kappa shape index (κ2) is 11.5. The van der Waals surface area contributed by atoms with Crippen molar-refractivity contribution >= 4 is 35.1 Å². The Labute approximate surface area is 239 Å². The molecule has 2 bridgehead atoms. The lowest BCUT2D eigenvalue weighted by Crippen LogP contribution is -2.57. The number of ether oxygens (including phenoxy) is 4. The van der Waals surface area contributed by atoms with Crippen LogP contribution in [-0.2, 0) is 19.1 Å². The predicted molar refractivity (Wildman–Crippen MR) is 150 cm³/mol. The van der Waals surface area contributed by atoms with Gasteiger partial charge in [0.2, 0.25) is 11.8 Å². The van der Waals surface area contributed by atoms with Crippen LogP contribution in [-0.4, -0.2) is 77.9 Å². The second-order valence-electron chi connectivity index (χ2n) is 12.0. The van der Waals surface area contributed by atoms with Crippen LogP contribution in [0.25, 0.3) is 17.1 Å². The molecule has 1 N–H and O–H groups in total. The normalized spacial score (nSPS) is 27.0. The Morgan fingerprint density at radius 3 is 2.63 bits per heavy atom. The molecule has 2 aliphatic heterocycles. The van der Waals surface area contributed by atoms with E-state index in [0.717, 1.165) is 25.7 Å². The van der Waals surface area contributed by atoms with Crippen molar-refractivity contribution in [1.29, 1.82) is 0 Å². The van der Waals surface area contributed by atoms with Gasteiger partial charge in [-0.1, -0.05) is 26.8 Å². The number of esters is 1. The van der Waals surface area contributed by atoms with Crippen molar-refractivity contribution in [2.45, 2.75) is 77.2 Å². The van der Waals surface area contributed by atoms with Crippen LogP contribution in [0.4, 0.5) is 4.79 Å². The molecule has 220 valence electrons. The number of methoxy groups -OCH3 is 2. The Bertz CT molecular complexity index is 1350. The minimum atomic E-state index is -0.927. The van der Waals surface area contributed by atoms with E-state index in [2.05, 4.69) is 5.32 Å². The maximum absolute atomic E-state index is 13.9. The van der Waals surface area contributed by atoms with E-state index in [-0.39, 0.29) is 19.1 Å². The van der Waals surface area contributed by atoms with Crippen LogP contribution in [0.5, 0.6) is 11.6 Å². The van der Waals surface area contributed by atoms with E-state index < -0.39 is 41.6 Å². The van der Waals surface area contributed by atoms with Gasteiger partial charge in [0, 0.05) is 12.5 Å². The summed E-state index contributed by atoms with van der Waals surface area (Å²) < 4.78 is 22.4. The summed E-state index contributed by atoms with van der Waals surface area (Å²) in [6.45, 7) is 5.68. The summed E-state index contributed by atoms with van der Waals surface area (Å²) in [6.07, 6.45) is 6.27. The number of hydrogen-bond donors (Lipinski definition) is 1. The number of nitrogens with zero attached hydrogens (tertiary/aromatic N) is 3.